The molecule has 0 saturated heterocycles. The van der Waals surface area contributed by atoms with Crippen LogP contribution >= 0.6 is 0 Å². The summed E-state index contributed by atoms with van der Waals surface area (Å²) in [6.45, 7) is 11.0. The molecule has 3 rings (SSSR count). The molecule has 0 spiro atoms. The molecule has 1 unspecified atom stereocenters. The van der Waals surface area contributed by atoms with E-state index < -0.39 is 0 Å². The third kappa shape index (κ3) is 2.10. The number of hydrogen-bond donors (Lipinski definition) is 0. The Morgan fingerprint density at radius 3 is 2.19 bits per heavy atom. The average Bonchev–Trinajstić information content (AvgIpc) is 2.67. The van der Waals surface area contributed by atoms with E-state index in [0.717, 1.165) is 0 Å². The molecule has 2 nitrogen and oxygen atoms in total. The van der Waals surface area contributed by atoms with Crippen LogP contribution in [0.15, 0.2) is 30.3 Å². The standard InChI is InChI=1S/C19H24N2/c1-12-7-8-17-19(10-12)20(6)16(5)21(17)18-11-13(2)9-14(3)15(18)4/h7-11,16H,1-6H3. The summed E-state index contributed by atoms with van der Waals surface area (Å²) in [6, 6.07) is 11.3. The van der Waals surface area contributed by atoms with Gasteiger partial charge in [-0.2, -0.15) is 0 Å². The van der Waals surface area contributed by atoms with Crippen LogP contribution in [0.5, 0.6) is 0 Å². The number of hydrogen-bond acceptors (Lipinski definition) is 2. The first-order valence-electron chi connectivity index (χ1n) is 7.60. The predicted octanol–water partition coefficient (Wildman–Crippen LogP) is 4.85. The van der Waals surface area contributed by atoms with Gasteiger partial charge in [0, 0.05) is 12.7 Å². The fraction of sp³-hybridized carbons (Fsp3) is 0.368. The van der Waals surface area contributed by atoms with E-state index in [2.05, 4.69) is 81.8 Å². The van der Waals surface area contributed by atoms with E-state index in [-0.39, 0.29) is 0 Å². The zero-order chi connectivity index (χ0) is 15.3. The zero-order valence-corrected chi connectivity index (χ0v) is 13.9. The van der Waals surface area contributed by atoms with Gasteiger partial charge in [0.1, 0.15) is 6.17 Å². The van der Waals surface area contributed by atoms with Crippen LogP contribution in [0.1, 0.15) is 29.2 Å². The van der Waals surface area contributed by atoms with Gasteiger partial charge in [-0.25, -0.2) is 0 Å². The first-order valence-corrected chi connectivity index (χ1v) is 7.60. The third-order valence-corrected chi connectivity index (χ3v) is 4.75. The van der Waals surface area contributed by atoms with Crippen LogP contribution in [-0.4, -0.2) is 13.2 Å². The van der Waals surface area contributed by atoms with Crippen molar-refractivity contribution in [1.29, 1.82) is 0 Å². The van der Waals surface area contributed by atoms with Crippen molar-refractivity contribution in [3.8, 4) is 0 Å². The predicted molar refractivity (Wildman–Crippen MR) is 91.8 cm³/mol. The second kappa shape index (κ2) is 4.80. The van der Waals surface area contributed by atoms with E-state index in [1.807, 2.05) is 0 Å². The Labute approximate surface area is 128 Å². The van der Waals surface area contributed by atoms with Gasteiger partial charge in [-0.3, -0.25) is 0 Å². The summed E-state index contributed by atoms with van der Waals surface area (Å²) in [6.07, 6.45) is 0.335. The highest BCUT2D eigenvalue weighted by molar-refractivity contribution is 5.85. The van der Waals surface area contributed by atoms with E-state index in [0.29, 0.717) is 6.17 Å². The summed E-state index contributed by atoms with van der Waals surface area (Å²) in [4.78, 5) is 4.82. The van der Waals surface area contributed by atoms with Crippen molar-refractivity contribution in [3.05, 3.63) is 52.6 Å². The van der Waals surface area contributed by atoms with Crippen molar-refractivity contribution in [2.45, 2.75) is 40.8 Å². The van der Waals surface area contributed by atoms with Gasteiger partial charge in [0.2, 0.25) is 0 Å². The smallest absolute Gasteiger partial charge is 0.103 e. The first kappa shape index (κ1) is 14.0. The highest BCUT2D eigenvalue weighted by Gasteiger charge is 2.32. The molecule has 2 aromatic carbocycles. The maximum atomic E-state index is 2.46. The Morgan fingerprint density at radius 1 is 0.810 bits per heavy atom. The number of rotatable bonds is 1. The SMILES string of the molecule is Cc1ccc2c(c1)N(C)C(C)N2c1cc(C)cc(C)c1C. The molecule has 0 amide bonds. The highest BCUT2D eigenvalue weighted by Crippen LogP contribution is 2.45. The minimum absolute atomic E-state index is 0.335. The van der Waals surface area contributed by atoms with Gasteiger partial charge in [-0.1, -0.05) is 12.1 Å². The van der Waals surface area contributed by atoms with E-state index in [1.165, 1.54) is 39.3 Å². The number of nitrogens with zero attached hydrogens (tertiary/aromatic N) is 2. The van der Waals surface area contributed by atoms with Crippen LogP contribution < -0.4 is 9.80 Å². The molecule has 1 atom stereocenters. The van der Waals surface area contributed by atoms with Crippen LogP contribution in [-0.2, 0) is 0 Å². The molecule has 0 aromatic heterocycles. The lowest BCUT2D eigenvalue weighted by molar-refractivity contribution is 0.732. The fourth-order valence-corrected chi connectivity index (χ4v) is 3.29. The molecule has 0 N–H and O–H groups in total. The molecular formula is C19H24N2. The van der Waals surface area contributed by atoms with Gasteiger partial charge < -0.3 is 9.80 Å². The number of fused-ring (bicyclic) bond motifs is 1. The Morgan fingerprint density at radius 2 is 1.48 bits per heavy atom. The van der Waals surface area contributed by atoms with E-state index in [1.54, 1.807) is 0 Å². The summed E-state index contributed by atoms with van der Waals surface area (Å²) < 4.78 is 0. The van der Waals surface area contributed by atoms with E-state index in [9.17, 15) is 0 Å². The first-order chi connectivity index (χ1) is 9.90. The summed E-state index contributed by atoms with van der Waals surface area (Å²) in [5.41, 5.74) is 9.32. The summed E-state index contributed by atoms with van der Waals surface area (Å²) in [5, 5.41) is 0. The number of benzene rings is 2. The fourth-order valence-electron chi connectivity index (χ4n) is 3.29. The van der Waals surface area contributed by atoms with Gasteiger partial charge in [0.25, 0.3) is 0 Å². The van der Waals surface area contributed by atoms with E-state index in [4.69, 9.17) is 0 Å². The molecular weight excluding hydrogens is 256 g/mol. The van der Waals surface area contributed by atoms with Crippen LogP contribution in [0.4, 0.5) is 17.1 Å². The van der Waals surface area contributed by atoms with Crippen LogP contribution in [0.2, 0.25) is 0 Å². The van der Waals surface area contributed by atoms with Crippen molar-refractivity contribution >= 4 is 17.1 Å². The molecule has 0 bridgehead atoms. The van der Waals surface area contributed by atoms with Gasteiger partial charge in [-0.15, -0.1) is 0 Å². The minimum atomic E-state index is 0.335. The minimum Gasteiger partial charge on any atom is -0.353 e. The lowest BCUT2D eigenvalue weighted by Crippen LogP contribution is -2.36. The monoisotopic (exact) mass is 280 g/mol. The van der Waals surface area contributed by atoms with Crippen molar-refractivity contribution in [1.82, 2.24) is 0 Å². The molecule has 1 aliphatic rings. The number of aryl methyl sites for hydroxylation is 3. The molecule has 2 heteroatoms. The van der Waals surface area contributed by atoms with E-state index >= 15 is 0 Å². The molecule has 1 heterocycles. The summed E-state index contributed by atoms with van der Waals surface area (Å²) >= 11 is 0. The van der Waals surface area contributed by atoms with Crippen molar-refractivity contribution in [2.24, 2.45) is 0 Å². The lowest BCUT2D eigenvalue weighted by atomic mass is 10.0. The normalized spacial score (nSPS) is 17.3. The van der Waals surface area contributed by atoms with Crippen LogP contribution in [0.3, 0.4) is 0 Å². The second-order valence-electron chi connectivity index (χ2n) is 6.33. The molecule has 1 aliphatic heterocycles. The summed E-state index contributed by atoms with van der Waals surface area (Å²) in [7, 11) is 2.18. The largest absolute Gasteiger partial charge is 0.353 e. The maximum absolute atomic E-state index is 2.46. The molecule has 2 aromatic rings. The molecule has 0 fully saturated rings. The molecule has 0 saturated carbocycles. The molecule has 0 aliphatic carbocycles. The quantitative estimate of drug-likeness (QED) is 0.736. The average molecular weight is 280 g/mol. The lowest BCUT2D eigenvalue weighted by Gasteiger charge is -2.30. The van der Waals surface area contributed by atoms with Gasteiger partial charge in [0.15, 0.2) is 0 Å². The molecule has 110 valence electrons. The zero-order valence-electron chi connectivity index (χ0n) is 13.9. The third-order valence-electron chi connectivity index (χ3n) is 4.75. The number of anilines is 3. The van der Waals surface area contributed by atoms with Gasteiger partial charge in [0.05, 0.1) is 11.4 Å². The van der Waals surface area contributed by atoms with Crippen molar-refractivity contribution in [2.75, 3.05) is 16.8 Å². The Balaban J connectivity index is 2.21. The van der Waals surface area contributed by atoms with Crippen LogP contribution in [0, 0.1) is 27.7 Å². The Kier molecular flexibility index (Phi) is 3.20. The second-order valence-corrected chi connectivity index (χ2v) is 6.33. The summed E-state index contributed by atoms with van der Waals surface area (Å²) in [5.74, 6) is 0. The molecule has 21 heavy (non-hydrogen) atoms. The van der Waals surface area contributed by atoms with Gasteiger partial charge in [-0.05, 0) is 75.1 Å². The maximum Gasteiger partial charge on any atom is 0.103 e. The van der Waals surface area contributed by atoms with Crippen molar-refractivity contribution in [3.63, 3.8) is 0 Å². The topological polar surface area (TPSA) is 6.48 Å². The van der Waals surface area contributed by atoms with Gasteiger partial charge >= 0.3 is 0 Å². The Bertz CT molecular complexity index is 703. The Hall–Kier alpha value is -1.96. The highest BCUT2D eigenvalue weighted by atomic mass is 15.4. The van der Waals surface area contributed by atoms with Crippen LogP contribution in [0.25, 0.3) is 0 Å². The molecule has 0 radical (unpaired) electrons. The van der Waals surface area contributed by atoms with Crippen molar-refractivity contribution < 1.29 is 0 Å².